The van der Waals surface area contributed by atoms with Gasteiger partial charge in [-0.15, -0.1) is 0 Å². The van der Waals surface area contributed by atoms with Crippen LogP contribution in [-0.4, -0.2) is 30.9 Å². The van der Waals surface area contributed by atoms with E-state index in [1.165, 1.54) is 13.2 Å². The standard InChI is InChI=1S/C9H10F2O4/c1-14-8(13)5-2-3-7(6(12)4-5)15-9(10)11/h2-3,6,9,12H,4H2,1H3. The predicted molar refractivity (Wildman–Crippen MR) is 45.9 cm³/mol. The Bertz CT molecular complexity index is 309. The van der Waals surface area contributed by atoms with Crippen LogP contribution in [0.1, 0.15) is 6.42 Å². The van der Waals surface area contributed by atoms with Gasteiger partial charge in [0, 0.05) is 12.0 Å². The highest BCUT2D eigenvalue weighted by Crippen LogP contribution is 2.22. The van der Waals surface area contributed by atoms with Gasteiger partial charge in [0.1, 0.15) is 11.9 Å². The monoisotopic (exact) mass is 220 g/mol. The van der Waals surface area contributed by atoms with Gasteiger partial charge in [0.15, 0.2) is 0 Å². The number of esters is 1. The first-order valence-corrected chi connectivity index (χ1v) is 4.16. The van der Waals surface area contributed by atoms with Gasteiger partial charge in [0.05, 0.1) is 7.11 Å². The normalized spacial score (nSPS) is 20.7. The summed E-state index contributed by atoms with van der Waals surface area (Å²) in [4.78, 5) is 11.0. The summed E-state index contributed by atoms with van der Waals surface area (Å²) < 4.78 is 32.1. The first-order chi connectivity index (χ1) is 7.04. The molecule has 6 heteroatoms. The molecule has 0 aromatic rings. The highest BCUT2D eigenvalue weighted by Gasteiger charge is 2.24. The van der Waals surface area contributed by atoms with Crippen molar-refractivity contribution in [3.05, 3.63) is 23.5 Å². The maximum atomic E-state index is 11.8. The van der Waals surface area contributed by atoms with Gasteiger partial charge in [-0.1, -0.05) is 0 Å². The van der Waals surface area contributed by atoms with Crippen LogP contribution < -0.4 is 0 Å². The molecule has 84 valence electrons. The molecule has 0 amide bonds. The van der Waals surface area contributed by atoms with Crippen molar-refractivity contribution in [3.63, 3.8) is 0 Å². The molecular weight excluding hydrogens is 210 g/mol. The molecule has 1 aliphatic carbocycles. The molecular formula is C9H10F2O4. The molecule has 0 radical (unpaired) electrons. The molecule has 1 aliphatic rings. The molecule has 1 N–H and O–H groups in total. The number of aliphatic hydroxyl groups is 1. The highest BCUT2D eigenvalue weighted by atomic mass is 19.3. The summed E-state index contributed by atoms with van der Waals surface area (Å²) in [5.41, 5.74) is 0.214. The highest BCUT2D eigenvalue weighted by molar-refractivity contribution is 5.89. The van der Waals surface area contributed by atoms with E-state index in [-0.39, 0.29) is 17.8 Å². The fourth-order valence-corrected chi connectivity index (χ4v) is 1.17. The molecule has 1 atom stereocenters. The van der Waals surface area contributed by atoms with E-state index in [0.29, 0.717) is 0 Å². The lowest BCUT2D eigenvalue weighted by Crippen LogP contribution is -2.21. The molecule has 0 spiro atoms. The fraction of sp³-hybridized carbons (Fsp3) is 0.444. The van der Waals surface area contributed by atoms with E-state index in [9.17, 15) is 18.7 Å². The Hall–Kier alpha value is -1.43. The van der Waals surface area contributed by atoms with Gasteiger partial charge >= 0.3 is 12.6 Å². The molecule has 0 aromatic carbocycles. The Morgan fingerprint density at radius 3 is 2.73 bits per heavy atom. The van der Waals surface area contributed by atoms with Crippen molar-refractivity contribution < 1.29 is 28.2 Å². The molecule has 0 fully saturated rings. The summed E-state index contributed by atoms with van der Waals surface area (Å²) in [6.45, 7) is -2.99. The largest absolute Gasteiger partial charge is 0.466 e. The number of ether oxygens (including phenoxy) is 2. The molecule has 15 heavy (non-hydrogen) atoms. The molecule has 0 aromatic heterocycles. The van der Waals surface area contributed by atoms with Crippen LogP contribution in [0.2, 0.25) is 0 Å². The maximum absolute atomic E-state index is 11.8. The number of aliphatic hydroxyl groups excluding tert-OH is 1. The number of methoxy groups -OCH3 is 1. The van der Waals surface area contributed by atoms with Gasteiger partial charge < -0.3 is 14.6 Å². The number of alkyl halides is 2. The second-order valence-corrected chi connectivity index (χ2v) is 2.85. The number of allylic oxidation sites excluding steroid dienone is 2. The van der Waals surface area contributed by atoms with E-state index in [4.69, 9.17) is 0 Å². The minimum Gasteiger partial charge on any atom is -0.466 e. The first kappa shape index (κ1) is 11.6. The van der Waals surface area contributed by atoms with E-state index in [2.05, 4.69) is 9.47 Å². The quantitative estimate of drug-likeness (QED) is 0.720. The van der Waals surface area contributed by atoms with E-state index in [0.717, 1.165) is 6.08 Å². The lowest BCUT2D eigenvalue weighted by atomic mass is 10.0. The van der Waals surface area contributed by atoms with E-state index in [1.807, 2.05) is 0 Å². The summed E-state index contributed by atoms with van der Waals surface area (Å²) in [6.07, 6.45) is 1.09. The van der Waals surface area contributed by atoms with Crippen molar-refractivity contribution in [3.8, 4) is 0 Å². The summed E-state index contributed by atoms with van der Waals surface area (Å²) in [6, 6.07) is 0. The molecule has 0 saturated heterocycles. The first-order valence-electron chi connectivity index (χ1n) is 4.16. The number of rotatable bonds is 3. The van der Waals surface area contributed by atoms with Crippen LogP contribution in [0.15, 0.2) is 23.5 Å². The van der Waals surface area contributed by atoms with Crippen LogP contribution in [-0.2, 0) is 14.3 Å². The number of hydrogen-bond acceptors (Lipinski definition) is 4. The van der Waals surface area contributed by atoms with Crippen LogP contribution in [0.4, 0.5) is 8.78 Å². The summed E-state index contributed by atoms with van der Waals surface area (Å²) in [7, 11) is 1.20. The topological polar surface area (TPSA) is 55.8 Å². The number of carbonyl (C=O) groups is 1. The number of halogens is 2. The van der Waals surface area contributed by atoms with Crippen molar-refractivity contribution in [2.24, 2.45) is 0 Å². The molecule has 0 aliphatic heterocycles. The minimum absolute atomic E-state index is 0.0920. The summed E-state index contributed by atoms with van der Waals surface area (Å²) >= 11 is 0. The van der Waals surface area contributed by atoms with Crippen molar-refractivity contribution in [1.29, 1.82) is 0 Å². The van der Waals surface area contributed by atoms with Crippen LogP contribution >= 0.6 is 0 Å². The van der Waals surface area contributed by atoms with E-state index >= 15 is 0 Å². The average Bonchev–Trinajstić information content (AvgIpc) is 2.19. The van der Waals surface area contributed by atoms with Gasteiger partial charge in [0.2, 0.25) is 0 Å². The molecule has 1 unspecified atom stereocenters. The van der Waals surface area contributed by atoms with Crippen LogP contribution in [0.25, 0.3) is 0 Å². The Morgan fingerprint density at radius 1 is 1.60 bits per heavy atom. The smallest absolute Gasteiger partial charge is 0.387 e. The maximum Gasteiger partial charge on any atom is 0.387 e. The molecule has 0 heterocycles. The van der Waals surface area contributed by atoms with Crippen LogP contribution in [0.3, 0.4) is 0 Å². The van der Waals surface area contributed by atoms with Crippen molar-refractivity contribution >= 4 is 5.97 Å². The second kappa shape index (κ2) is 4.88. The number of carbonyl (C=O) groups excluding carboxylic acids is 1. The lowest BCUT2D eigenvalue weighted by Gasteiger charge is -2.19. The molecule has 1 rings (SSSR count). The van der Waals surface area contributed by atoms with Gasteiger partial charge in [0.25, 0.3) is 0 Å². The Kier molecular flexibility index (Phi) is 3.79. The SMILES string of the molecule is COC(=O)C1=CC=C(OC(F)F)C(O)C1. The second-order valence-electron chi connectivity index (χ2n) is 2.85. The van der Waals surface area contributed by atoms with Crippen molar-refractivity contribution in [2.45, 2.75) is 19.1 Å². The van der Waals surface area contributed by atoms with Crippen LogP contribution in [0.5, 0.6) is 0 Å². The summed E-state index contributed by atoms with van der Waals surface area (Å²) in [5, 5.41) is 9.36. The van der Waals surface area contributed by atoms with Crippen molar-refractivity contribution in [2.75, 3.05) is 7.11 Å². The Labute approximate surface area is 84.8 Å². The third-order valence-electron chi connectivity index (χ3n) is 1.86. The minimum atomic E-state index is -2.99. The third kappa shape index (κ3) is 3.02. The Balaban J connectivity index is 2.74. The molecule has 4 nitrogen and oxygen atoms in total. The molecule has 0 saturated carbocycles. The zero-order valence-corrected chi connectivity index (χ0v) is 7.94. The summed E-state index contributed by atoms with van der Waals surface area (Å²) in [5.74, 6) is -0.848. The number of hydrogen-bond donors (Lipinski definition) is 1. The van der Waals surface area contributed by atoms with Gasteiger partial charge in [-0.05, 0) is 12.2 Å². The predicted octanol–water partition coefficient (Wildman–Crippen LogP) is 0.973. The van der Waals surface area contributed by atoms with E-state index < -0.39 is 18.7 Å². The van der Waals surface area contributed by atoms with Crippen molar-refractivity contribution in [1.82, 2.24) is 0 Å². The molecule has 0 bridgehead atoms. The lowest BCUT2D eigenvalue weighted by molar-refractivity contribution is -0.136. The van der Waals surface area contributed by atoms with Gasteiger partial charge in [-0.3, -0.25) is 0 Å². The van der Waals surface area contributed by atoms with Gasteiger partial charge in [-0.2, -0.15) is 8.78 Å². The van der Waals surface area contributed by atoms with Crippen LogP contribution in [0, 0.1) is 0 Å². The Morgan fingerprint density at radius 2 is 2.27 bits per heavy atom. The fourth-order valence-electron chi connectivity index (χ4n) is 1.17. The zero-order chi connectivity index (χ0) is 11.4. The third-order valence-corrected chi connectivity index (χ3v) is 1.86. The average molecular weight is 220 g/mol. The van der Waals surface area contributed by atoms with Gasteiger partial charge in [-0.25, -0.2) is 4.79 Å². The van der Waals surface area contributed by atoms with E-state index in [1.54, 1.807) is 0 Å². The zero-order valence-electron chi connectivity index (χ0n) is 7.94.